The molecular formula is C21H31N3O2. The quantitative estimate of drug-likeness (QED) is 0.765. The van der Waals surface area contributed by atoms with Crippen molar-refractivity contribution in [1.82, 2.24) is 15.5 Å². The van der Waals surface area contributed by atoms with Gasteiger partial charge in [-0.2, -0.15) is 0 Å². The molecule has 5 nitrogen and oxygen atoms in total. The molecule has 1 aromatic rings. The minimum atomic E-state index is -0.0950. The maximum absolute atomic E-state index is 12.5. The minimum Gasteiger partial charge on any atom is -0.339 e. The van der Waals surface area contributed by atoms with Crippen LogP contribution in [0.1, 0.15) is 68.5 Å². The van der Waals surface area contributed by atoms with Gasteiger partial charge in [-0.05, 0) is 43.2 Å². The van der Waals surface area contributed by atoms with Crippen LogP contribution < -0.4 is 10.6 Å². The van der Waals surface area contributed by atoms with Crippen LogP contribution in [0.4, 0.5) is 4.79 Å². The highest BCUT2D eigenvalue weighted by atomic mass is 16.2. The lowest BCUT2D eigenvalue weighted by atomic mass is 9.96. The number of hydrogen-bond acceptors (Lipinski definition) is 2. The van der Waals surface area contributed by atoms with Gasteiger partial charge in [0.2, 0.25) is 5.91 Å². The summed E-state index contributed by atoms with van der Waals surface area (Å²) < 4.78 is 0. The summed E-state index contributed by atoms with van der Waals surface area (Å²) >= 11 is 0. The smallest absolute Gasteiger partial charge is 0.315 e. The van der Waals surface area contributed by atoms with Gasteiger partial charge in [-0.25, -0.2) is 4.79 Å². The van der Waals surface area contributed by atoms with E-state index >= 15 is 0 Å². The number of benzene rings is 1. The van der Waals surface area contributed by atoms with Gasteiger partial charge in [0.25, 0.3) is 0 Å². The second kappa shape index (κ2) is 9.06. The molecule has 3 amide bonds. The second-order valence-electron chi connectivity index (χ2n) is 7.60. The number of nitrogens with zero attached hydrogens (tertiary/aromatic N) is 1. The predicted molar refractivity (Wildman–Crippen MR) is 103 cm³/mol. The SMILES string of the molecule is CN(C(=O)CCCNC(=O)NC1CCCCC1)C1CCc2ccccc21. The molecule has 3 rings (SSSR count). The van der Waals surface area contributed by atoms with Gasteiger partial charge in [-0.15, -0.1) is 0 Å². The third-order valence-corrected chi connectivity index (χ3v) is 5.76. The van der Waals surface area contributed by atoms with E-state index in [1.807, 2.05) is 18.0 Å². The molecule has 142 valence electrons. The maximum Gasteiger partial charge on any atom is 0.315 e. The van der Waals surface area contributed by atoms with Crippen LogP contribution in [0.2, 0.25) is 0 Å². The zero-order chi connectivity index (χ0) is 18.4. The first-order valence-electron chi connectivity index (χ1n) is 10.0. The molecule has 5 heteroatoms. The number of carbonyl (C=O) groups excluding carboxylic acids is 2. The van der Waals surface area contributed by atoms with Crippen LogP contribution >= 0.6 is 0 Å². The van der Waals surface area contributed by atoms with Crippen molar-refractivity contribution in [2.24, 2.45) is 0 Å². The average molecular weight is 357 g/mol. The molecular weight excluding hydrogens is 326 g/mol. The Bertz CT molecular complexity index is 625. The highest BCUT2D eigenvalue weighted by molar-refractivity contribution is 5.77. The van der Waals surface area contributed by atoms with Crippen LogP contribution in [-0.2, 0) is 11.2 Å². The number of rotatable bonds is 6. The summed E-state index contributed by atoms with van der Waals surface area (Å²) in [6.07, 6.45) is 9.05. The summed E-state index contributed by atoms with van der Waals surface area (Å²) in [5, 5.41) is 5.93. The molecule has 2 aliphatic rings. The Kier molecular flexibility index (Phi) is 6.53. The van der Waals surface area contributed by atoms with Crippen molar-refractivity contribution in [2.45, 2.75) is 69.9 Å². The first kappa shape index (κ1) is 18.7. The monoisotopic (exact) mass is 357 g/mol. The molecule has 2 N–H and O–H groups in total. The van der Waals surface area contributed by atoms with Gasteiger partial charge in [0.15, 0.2) is 0 Å². The Balaban J connectivity index is 1.35. The van der Waals surface area contributed by atoms with Gasteiger partial charge in [0.1, 0.15) is 0 Å². The highest BCUT2D eigenvalue weighted by Crippen LogP contribution is 2.35. The van der Waals surface area contributed by atoms with Crippen LogP contribution in [0, 0.1) is 0 Å². The van der Waals surface area contributed by atoms with Gasteiger partial charge in [-0.3, -0.25) is 4.79 Å². The van der Waals surface area contributed by atoms with Gasteiger partial charge in [-0.1, -0.05) is 43.5 Å². The molecule has 0 aromatic heterocycles. The topological polar surface area (TPSA) is 61.4 Å². The van der Waals surface area contributed by atoms with Gasteiger partial charge in [0, 0.05) is 26.1 Å². The van der Waals surface area contributed by atoms with Gasteiger partial charge in [0.05, 0.1) is 6.04 Å². The van der Waals surface area contributed by atoms with Crippen LogP contribution in [0.25, 0.3) is 0 Å². The standard InChI is InChI=1S/C21H31N3O2/c1-24(19-14-13-16-8-5-6-11-18(16)19)20(25)12-7-15-22-21(26)23-17-9-3-2-4-10-17/h5-6,8,11,17,19H,2-4,7,9-10,12-15H2,1H3,(H2,22,23,26). The van der Waals surface area contributed by atoms with E-state index in [4.69, 9.17) is 0 Å². The first-order valence-corrected chi connectivity index (χ1v) is 10.0. The molecule has 1 atom stereocenters. The number of urea groups is 1. The molecule has 0 aliphatic heterocycles. The maximum atomic E-state index is 12.5. The van der Waals surface area contributed by atoms with E-state index in [1.165, 1.54) is 30.4 Å². The van der Waals surface area contributed by atoms with Crippen molar-refractivity contribution in [3.8, 4) is 0 Å². The molecule has 0 saturated heterocycles. The molecule has 1 saturated carbocycles. The van der Waals surface area contributed by atoms with E-state index in [0.717, 1.165) is 25.7 Å². The largest absolute Gasteiger partial charge is 0.339 e. The normalized spacial score (nSPS) is 19.7. The number of nitrogens with one attached hydrogen (secondary N) is 2. The fraction of sp³-hybridized carbons (Fsp3) is 0.619. The summed E-state index contributed by atoms with van der Waals surface area (Å²) in [6, 6.07) is 8.82. The van der Waals surface area contributed by atoms with Crippen molar-refractivity contribution >= 4 is 11.9 Å². The third kappa shape index (κ3) is 4.77. The van der Waals surface area contributed by atoms with Crippen LogP contribution in [0.3, 0.4) is 0 Å². The number of aryl methyl sites for hydroxylation is 1. The van der Waals surface area contributed by atoms with E-state index in [-0.39, 0.29) is 18.0 Å². The molecule has 1 aromatic carbocycles. The molecule has 0 spiro atoms. The third-order valence-electron chi connectivity index (χ3n) is 5.76. The van der Waals surface area contributed by atoms with Gasteiger partial charge < -0.3 is 15.5 Å². The highest BCUT2D eigenvalue weighted by Gasteiger charge is 2.27. The first-order chi connectivity index (χ1) is 12.6. The lowest BCUT2D eigenvalue weighted by molar-refractivity contribution is -0.132. The summed E-state index contributed by atoms with van der Waals surface area (Å²) in [5.41, 5.74) is 2.64. The van der Waals surface area contributed by atoms with E-state index < -0.39 is 0 Å². The van der Waals surface area contributed by atoms with Crippen LogP contribution in [0.5, 0.6) is 0 Å². The number of fused-ring (bicyclic) bond motifs is 1. The van der Waals surface area contributed by atoms with E-state index in [0.29, 0.717) is 25.4 Å². The average Bonchev–Trinajstić information content (AvgIpc) is 3.09. The molecule has 0 bridgehead atoms. The lowest BCUT2D eigenvalue weighted by Gasteiger charge is -2.25. The Morgan fingerprint density at radius 1 is 1.12 bits per heavy atom. The van der Waals surface area contributed by atoms with Crippen molar-refractivity contribution in [3.05, 3.63) is 35.4 Å². The summed E-state index contributed by atoms with van der Waals surface area (Å²) in [4.78, 5) is 26.3. The van der Waals surface area contributed by atoms with E-state index in [2.05, 4.69) is 28.8 Å². The molecule has 2 aliphatic carbocycles. The van der Waals surface area contributed by atoms with Crippen molar-refractivity contribution < 1.29 is 9.59 Å². The number of hydrogen-bond donors (Lipinski definition) is 2. The lowest BCUT2D eigenvalue weighted by Crippen LogP contribution is -2.43. The van der Waals surface area contributed by atoms with Crippen molar-refractivity contribution in [2.75, 3.05) is 13.6 Å². The summed E-state index contributed by atoms with van der Waals surface area (Å²) in [7, 11) is 1.90. The molecule has 0 radical (unpaired) electrons. The minimum absolute atomic E-state index is 0.0950. The van der Waals surface area contributed by atoms with Gasteiger partial charge >= 0.3 is 6.03 Å². The number of carbonyl (C=O) groups is 2. The van der Waals surface area contributed by atoms with Crippen molar-refractivity contribution in [1.29, 1.82) is 0 Å². The van der Waals surface area contributed by atoms with Crippen molar-refractivity contribution in [3.63, 3.8) is 0 Å². The van der Waals surface area contributed by atoms with Crippen LogP contribution in [0.15, 0.2) is 24.3 Å². The molecule has 26 heavy (non-hydrogen) atoms. The van der Waals surface area contributed by atoms with Crippen LogP contribution in [-0.4, -0.2) is 36.5 Å². The molecule has 0 heterocycles. The second-order valence-corrected chi connectivity index (χ2v) is 7.60. The molecule has 1 unspecified atom stereocenters. The van der Waals surface area contributed by atoms with E-state index in [1.54, 1.807) is 0 Å². The fourth-order valence-electron chi connectivity index (χ4n) is 4.21. The van der Waals surface area contributed by atoms with E-state index in [9.17, 15) is 9.59 Å². The Labute approximate surface area is 156 Å². The zero-order valence-electron chi connectivity index (χ0n) is 15.8. The number of amides is 3. The molecule has 1 fully saturated rings. The Morgan fingerprint density at radius 2 is 1.88 bits per heavy atom. The predicted octanol–water partition coefficient (Wildman–Crippen LogP) is 3.54. The Morgan fingerprint density at radius 3 is 2.69 bits per heavy atom. The summed E-state index contributed by atoms with van der Waals surface area (Å²) in [5.74, 6) is 0.154. The summed E-state index contributed by atoms with van der Waals surface area (Å²) in [6.45, 7) is 0.541. The fourth-order valence-corrected chi connectivity index (χ4v) is 4.21. The zero-order valence-corrected chi connectivity index (χ0v) is 15.8. The Hall–Kier alpha value is -2.04.